The molecule has 0 aromatic rings. The second-order valence-corrected chi connectivity index (χ2v) is 12.0. The van der Waals surface area contributed by atoms with Gasteiger partial charge in [-0.15, -0.1) is 0 Å². The lowest BCUT2D eigenvalue weighted by Crippen LogP contribution is -2.19. The molecule has 0 unspecified atom stereocenters. The Hall–Kier alpha value is 1.23. The molecule has 0 spiro atoms. The summed E-state index contributed by atoms with van der Waals surface area (Å²) in [5, 5.41) is 0. The maximum Gasteiger partial charge on any atom is 0.123 e. The van der Waals surface area contributed by atoms with E-state index in [-0.39, 0.29) is 11.1 Å². The van der Waals surface area contributed by atoms with Gasteiger partial charge < -0.3 is 0 Å². The normalized spacial score (nSPS) is 17.0. The van der Waals surface area contributed by atoms with E-state index >= 15 is 0 Å². The molecule has 0 aromatic carbocycles. The molecule has 0 saturated heterocycles. The molecule has 0 aliphatic carbocycles. The first-order valence-corrected chi connectivity index (χ1v) is 7.83. The zero-order valence-electron chi connectivity index (χ0n) is 6.69. The Morgan fingerprint density at radius 1 is 1.30 bits per heavy atom. The molecule has 0 aliphatic rings. The molecule has 0 bridgehead atoms. The van der Waals surface area contributed by atoms with Gasteiger partial charge in [0.1, 0.15) is 4.74 Å². The van der Waals surface area contributed by atoms with Gasteiger partial charge in [-0.1, -0.05) is 62.0 Å². The first kappa shape index (κ1) is 11.2. The fourth-order valence-electron chi connectivity index (χ4n) is 0.451. The molecule has 1 atom stereocenters. The minimum Gasteiger partial charge on any atom is -0.0680 e. The quantitative estimate of drug-likeness (QED) is 0.595. The molecule has 0 radical (unpaired) electrons. The fraction of sp³-hybridized carbons (Fsp3) is 1.00. The van der Waals surface area contributed by atoms with Crippen LogP contribution in [0, 0.1) is 5.41 Å². The Morgan fingerprint density at radius 2 is 1.60 bits per heavy atom. The van der Waals surface area contributed by atoms with Crippen molar-refractivity contribution in [2.24, 2.45) is 5.41 Å². The van der Waals surface area contributed by atoms with Crippen molar-refractivity contribution in [2.45, 2.75) is 33.4 Å². The Kier molecular flexibility index (Phi) is 3.72. The van der Waals surface area contributed by atoms with E-state index in [9.17, 15) is 0 Å². The van der Waals surface area contributed by atoms with Crippen LogP contribution >= 0.6 is 27.2 Å². The van der Waals surface area contributed by atoms with Gasteiger partial charge in [0.15, 0.2) is 0 Å². The van der Waals surface area contributed by atoms with Crippen LogP contribution in [-0.4, -0.2) is 5.66 Å². The van der Waals surface area contributed by atoms with Crippen molar-refractivity contribution >= 4 is 39.0 Å². The maximum absolute atomic E-state index is 5.86. The van der Waals surface area contributed by atoms with E-state index < -0.39 is 4.74 Å². The van der Waals surface area contributed by atoms with Crippen LogP contribution in [0.2, 0.25) is 0 Å². The molecular weight excluding hydrogens is 206 g/mol. The van der Waals surface area contributed by atoms with Gasteiger partial charge in [0.25, 0.3) is 0 Å². The number of rotatable bonds is 1. The average Bonchev–Trinajstić information content (AvgIpc) is 1.59. The maximum atomic E-state index is 5.86. The third-order valence-corrected chi connectivity index (χ3v) is 6.09. The average molecular weight is 219 g/mol. The molecule has 0 heterocycles. The number of hydrogen-bond acceptors (Lipinski definition) is 1. The number of halogens is 2. The van der Waals surface area contributed by atoms with Crippen LogP contribution < -0.4 is 0 Å². The summed E-state index contributed by atoms with van der Waals surface area (Å²) in [5.41, 5.74) is 0.345. The lowest BCUT2D eigenvalue weighted by Gasteiger charge is -2.29. The van der Waals surface area contributed by atoms with E-state index in [1.807, 2.05) is 6.92 Å². The summed E-state index contributed by atoms with van der Waals surface area (Å²) >= 11 is 16.7. The van der Waals surface area contributed by atoms with E-state index in [0.29, 0.717) is 0 Å². The fourth-order valence-corrected chi connectivity index (χ4v) is 4.06. The van der Waals surface area contributed by atoms with Gasteiger partial charge in [-0.05, 0) is 5.41 Å². The highest BCUT2D eigenvalue weighted by Crippen LogP contribution is 2.65. The van der Waals surface area contributed by atoms with Gasteiger partial charge in [0, 0.05) is 5.66 Å². The summed E-state index contributed by atoms with van der Waals surface area (Å²) in [5.74, 6) is 0. The van der Waals surface area contributed by atoms with Crippen molar-refractivity contribution in [1.82, 2.24) is 0 Å². The molecule has 0 nitrogen and oxygen atoms in total. The molecule has 0 saturated carbocycles. The lowest BCUT2D eigenvalue weighted by molar-refractivity contribution is 0.408. The highest BCUT2D eigenvalue weighted by Gasteiger charge is 2.30. The molecule has 4 heteroatoms. The molecule has 10 heavy (non-hydrogen) atoms. The summed E-state index contributed by atoms with van der Waals surface area (Å²) in [7, 11) is 0. The van der Waals surface area contributed by atoms with Gasteiger partial charge >= 0.3 is 0 Å². The highest BCUT2D eigenvalue weighted by atomic mass is 35.9. The summed E-state index contributed by atoms with van der Waals surface area (Å²) in [6.07, 6.45) is 0. The monoisotopic (exact) mass is 218 g/mol. The number of hydrogen-bond donors (Lipinski definition) is 0. The molecular formula is C6H13Cl2PS. The predicted molar refractivity (Wildman–Crippen MR) is 54.9 cm³/mol. The third-order valence-electron chi connectivity index (χ3n) is 1.70. The van der Waals surface area contributed by atoms with Crippen LogP contribution in [0.25, 0.3) is 0 Å². The zero-order valence-corrected chi connectivity index (χ0v) is 9.91. The van der Waals surface area contributed by atoms with E-state index in [1.165, 1.54) is 0 Å². The zero-order chi connectivity index (χ0) is 8.58. The topological polar surface area (TPSA) is 0 Å². The van der Waals surface area contributed by atoms with E-state index in [4.69, 9.17) is 34.3 Å². The second-order valence-electron chi connectivity index (χ2n) is 3.54. The lowest BCUT2D eigenvalue weighted by atomic mass is 9.93. The van der Waals surface area contributed by atoms with Gasteiger partial charge in [0.05, 0.1) is 0 Å². The summed E-state index contributed by atoms with van der Waals surface area (Å²) in [6.45, 7) is 8.32. The first-order chi connectivity index (χ1) is 4.15. The van der Waals surface area contributed by atoms with Crippen molar-refractivity contribution in [2.75, 3.05) is 0 Å². The molecule has 62 valence electrons. The third kappa shape index (κ3) is 3.57. The van der Waals surface area contributed by atoms with Crippen molar-refractivity contribution < 1.29 is 0 Å². The largest absolute Gasteiger partial charge is 0.123 e. The van der Waals surface area contributed by atoms with E-state index in [2.05, 4.69) is 20.8 Å². The Bertz CT molecular complexity index is 156. The Balaban J connectivity index is 4.39. The summed E-state index contributed by atoms with van der Waals surface area (Å²) in [4.78, 5) is 0. The summed E-state index contributed by atoms with van der Waals surface area (Å²) < 4.78 is -2.10. The van der Waals surface area contributed by atoms with E-state index in [1.54, 1.807) is 0 Å². The van der Waals surface area contributed by atoms with Gasteiger partial charge in [-0.3, -0.25) is 0 Å². The highest BCUT2D eigenvalue weighted by molar-refractivity contribution is 8.39. The standard InChI is InChI=1S/C6H13Cl2PS/c1-5(6(2,3)4)9(7,8)10/h5H,1-4H3/t5-/m0/s1. The van der Waals surface area contributed by atoms with Crippen molar-refractivity contribution in [3.8, 4) is 0 Å². The first-order valence-electron chi connectivity index (χ1n) is 3.14. The minimum atomic E-state index is -2.10. The van der Waals surface area contributed by atoms with Crippen LogP contribution in [0.4, 0.5) is 0 Å². The Labute approximate surface area is 77.9 Å². The molecule has 0 aliphatic heterocycles. The second kappa shape index (κ2) is 3.31. The van der Waals surface area contributed by atoms with Crippen LogP contribution in [-0.2, 0) is 11.8 Å². The molecule has 0 N–H and O–H groups in total. The molecule has 0 amide bonds. The van der Waals surface area contributed by atoms with Crippen LogP contribution in [0.3, 0.4) is 0 Å². The van der Waals surface area contributed by atoms with Crippen molar-refractivity contribution in [3.63, 3.8) is 0 Å². The van der Waals surface area contributed by atoms with Gasteiger partial charge in [-0.25, -0.2) is 0 Å². The van der Waals surface area contributed by atoms with Crippen molar-refractivity contribution in [1.29, 1.82) is 0 Å². The van der Waals surface area contributed by atoms with Gasteiger partial charge in [-0.2, -0.15) is 0 Å². The van der Waals surface area contributed by atoms with Crippen LogP contribution in [0.1, 0.15) is 27.7 Å². The SMILES string of the molecule is C[C@@H](C(C)(C)C)P(=S)(Cl)Cl. The van der Waals surface area contributed by atoms with Crippen LogP contribution in [0.5, 0.6) is 0 Å². The van der Waals surface area contributed by atoms with Gasteiger partial charge in [0.2, 0.25) is 0 Å². The summed E-state index contributed by atoms with van der Waals surface area (Å²) in [6, 6.07) is 0. The molecule has 0 aromatic heterocycles. The molecule has 0 fully saturated rings. The smallest absolute Gasteiger partial charge is 0.0680 e. The van der Waals surface area contributed by atoms with Crippen LogP contribution in [0.15, 0.2) is 0 Å². The Morgan fingerprint density at radius 3 is 1.60 bits per heavy atom. The van der Waals surface area contributed by atoms with E-state index in [0.717, 1.165) is 0 Å². The minimum absolute atomic E-state index is 0.124. The molecule has 0 rings (SSSR count). The predicted octanol–water partition coefficient (Wildman–Crippen LogP) is 4.21. The van der Waals surface area contributed by atoms with Crippen molar-refractivity contribution in [3.05, 3.63) is 0 Å².